The lowest BCUT2D eigenvalue weighted by Crippen LogP contribution is -1.96. The molecular formula is C16H15BrN2. The Morgan fingerprint density at radius 1 is 1.11 bits per heavy atom. The van der Waals surface area contributed by atoms with Crippen LogP contribution in [0, 0.1) is 0 Å². The monoisotopic (exact) mass is 314 g/mol. The first-order valence-corrected chi connectivity index (χ1v) is 7.26. The largest absolute Gasteiger partial charge is 0.398 e. The fourth-order valence-corrected chi connectivity index (χ4v) is 3.05. The van der Waals surface area contributed by atoms with Gasteiger partial charge in [-0.1, -0.05) is 53.5 Å². The third-order valence-electron chi connectivity index (χ3n) is 3.36. The molecule has 3 rings (SSSR count). The molecule has 0 radical (unpaired) electrons. The van der Waals surface area contributed by atoms with Gasteiger partial charge in [-0.2, -0.15) is 0 Å². The number of nitrogens with two attached hydrogens (primary N) is 1. The summed E-state index contributed by atoms with van der Waals surface area (Å²) in [6, 6.07) is 12.3. The van der Waals surface area contributed by atoms with Crippen molar-refractivity contribution < 1.29 is 0 Å². The number of hydrogen-bond acceptors (Lipinski definition) is 2. The number of pyridine rings is 1. The predicted octanol–water partition coefficient (Wildman–Crippen LogP) is 4.69. The highest BCUT2D eigenvalue weighted by Gasteiger charge is 2.09. The van der Waals surface area contributed by atoms with Gasteiger partial charge in [-0.05, 0) is 23.9 Å². The Balaban J connectivity index is 2.45. The second kappa shape index (κ2) is 4.82. The summed E-state index contributed by atoms with van der Waals surface area (Å²) in [5.74, 6) is 0. The van der Waals surface area contributed by atoms with Crippen molar-refractivity contribution >= 4 is 43.3 Å². The summed E-state index contributed by atoms with van der Waals surface area (Å²) < 4.78 is 1.06. The molecule has 0 unspecified atom stereocenters. The molecule has 96 valence electrons. The Bertz CT molecular complexity index is 765. The lowest BCUT2D eigenvalue weighted by molar-refractivity contribution is 0.891. The van der Waals surface area contributed by atoms with Crippen molar-refractivity contribution in [1.82, 2.24) is 4.98 Å². The van der Waals surface area contributed by atoms with Gasteiger partial charge >= 0.3 is 0 Å². The molecule has 0 aliphatic heterocycles. The molecule has 0 atom stereocenters. The molecule has 2 aromatic carbocycles. The van der Waals surface area contributed by atoms with E-state index in [-0.39, 0.29) is 0 Å². The van der Waals surface area contributed by atoms with E-state index in [0.717, 1.165) is 45.0 Å². The molecule has 0 bridgehead atoms. The molecule has 0 saturated heterocycles. The van der Waals surface area contributed by atoms with Crippen LogP contribution in [0.2, 0.25) is 0 Å². The molecule has 3 heteroatoms. The molecule has 0 aliphatic rings. The Morgan fingerprint density at radius 2 is 1.84 bits per heavy atom. The second-order valence-electron chi connectivity index (χ2n) is 4.75. The van der Waals surface area contributed by atoms with Crippen molar-refractivity contribution in [2.24, 2.45) is 0 Å². The minimum absolute atomic E-state index is 0.805. The smallest absolute Gasteiger partial charge is 0.0805 e. The van der Waals surface area contributed by atoms with Gasteiger partial charge in [0, 0.05) is 26.6 Å². The van der Waals surface area contributed by atoms with Crippen LogP contribution in [0.4, 0.5) is 5.69 Å². The van der Waals surface area contributed by atoms with E-state index in [4.69, 9.17) is 10.7 Å². The van der Waals surface area contributed by atoms with Crippen LogP contribution in [0.3, 0.4) is 0 Å². The Kier molecular flexibility index (Phi) is 3.15. The van der Waals surface area contributed by atoms with E-state index in [9.17, 15) is 0 Å². The van der Waals surface area contributed by atoms with Gasteiger partial charge in [0.1, 0.15) is 0 Å². The molecule has 0 saturated carbocycles. The molecule has 0 amide bonds. The molecule has 0 spiro atoms. The maximum absolute atomic E-state index is 6.19. The van der Waals surface area contributed by atoms with Crippen molar-refractivity contribution in [3.8, 4) is 0 Å². The van der Waals surface area contributed by atoms with Crippen LogP contribution in [-0.4, -0.2) is 4.98 Å². The van der Waals surface area contributed by atoms with Crippen molar-refractivity contribution in [2.45, 2.75) is 19.8 Å². The molecule has 1 heterocycles. The number of halogens is 1. The lowest BCUT2D eigenvalue weighted by Gasteiger charge is -2.10. The number of fused-ring (bicyclic) bond motifs is 3. The lowest BCUT2D eigenvalue weighted by atomic mass is 10.0. The fraction of sp³-hybridized carbons (Fsp3) is 0.188. The topological polar surface area (TPSA) is 38.9 Å². The van der Waals surface area contributed by atoms with Crippen LogP contribution < -0.4 is 5.73 Å². The SMILES string of the molecule is CCCc1cc(N)c2cc(Br)c3ccccc3c2n1. The minimum atomic E-state index is 0.805. The van der Waals surface area contributed by atoms with Crippen LogP contribution in [0.15, 0.2) is 40.9 Å². The molecule has 0 aliphatic carbocycles. The third kappa shape index (κ3) is 2.08. The van der Waals surface area contributed by atoms with Gasteiger partial charge in [-0.15, -0.1) is 0 Å². The highest BCUT2D eigenvalue weighted by Crippen LogP contribution is 2.33. The van der Waals surface area contributed by atoms with Gasteiger partial charge in [0.2, 0.25) is 0 Å². The molecule has 1 aromatic heterocycles. The molecule has 3 aromatic rings. The minimum Gasteiger partial charge on any atom is -0.398 e. The first-order valence-electron chi connectivity index (χ1n) is 6.47. The zero-order valence-electron chi connectivity index (χ0n) is 10.8. The maximum Gasteiger partial charge on any atom is 0.0805 e. The van der Waals surface area contributed by atoms with Crippen molar-refractivity contribution in [2.75, 3.05) is 5.73 Å². The number of hydrogen-bond donors (Lipinski definition) is 1. The van der Waals surface area contributed by atoms with E-state index < -0.39 is 0 Å². The summed E-state index contributed by atoms with van der Waals surface area (Å²) in [5, 5.41) is 3.34. The van der Waals surface area contributed by atoms with Crippen molar-refractivity contribution in [3.05, 3.63) is 46.6 Å². The Morgan fingerprint density at radius 3 is 2.58 bits per heavy atom. The van der Waals surface area contributed by atoms with Gasteiger partial charge in [0.15, 0.2) is 0 Å². The summed E-state index contributed by atoms with van der Waals surface area (Å²) in [5.41, 5.74) is 9.06. The number of benzene rings is 2. The van der Waals surface area contributed by atoms with Crippen LogP contribution in [0.5, 0.6) is 0 Å². The average Bonchev–Trinajstić information content (AvgIpc) is 2.41. The number of nitrogens with zero attached hydrogens (tertiary/aromatic N) is 1. The quantitative estimate of drug-likeness (QED) is 0.697. The van der Waals surface area contributed by atoms with Crippen molar-refractivity contribution in [3.63, 3.8) is 0 Å². The van der Waals surface area contributed by atoms with E-state index in [1.54, 1.807) is 0 Å². The first-order chi connectivity index (χ1) is 9.20. The zero-order valence-corrected chi connectivity index (χ0v) is 12.4. The van der Waals surface area contributed by atoms with E-state index >= 15 is 0 Å². The van der Waals surface area contributed by atoms with E-state index in [1.807, 2.05) is 18.2 Å². The normalized spacial score (nSPS) is 11.3. The van der Waals surface area contributed by atoms with E-state index in [0.29, 0.717) is 0 Å². The van der Waals surface area contributed by atoms with Gasteiger partial charge < -0.3 is 5.73 Å². The number of aromatic nitrogens is 1. The predicted molar refractivity (Wildman–Crippen MR) is 85.4 cm³/mol. The number of anilines is 1. The highest BCUT2D eigenvalue weighted by molar-refractivity contribution is 9.10. The van der Waals surface area contributed by atoms with Crippen LogP contribution >= 0.6 is 15.9 Å². The highest BCUT2D eigenvalue weighted by atomic mass is 79.9. The van der Waals surface area contributed by atoms with Gasteiger partial charge in [0.25, 0.3) is 0 Å². The molecule has 19 heavy (non-hydrogen) atoms. The van der Waals surface area contributed by atoms with Crippen LogP contribution in [-0.2, 0) is 6.42 Å². The van der Waals surface area contributed by atoms with Gasteiger partial charge in [0.05, 0.1) is 5.52 Å². The Hall–Kier alpha value is -1.61. The van der Waals surface area contributed by atoms with Crippen LogP contribution in [0.25, 0.3) is 21.7 Å². The molecular weight excluding hydrogens is 300 g/mol. The maximum atomic E-state index is 6.19. The third-order valence-corrected chi connectivity index (χ3v) is 4.02. The summed E-state index contributed by atoms with van der Waals surface area (Å²) in [6.07, 6.45) is 2.04. The number of nitrogen functional groups attached to an aromatic ring is 1. The summed E-state index contributed by atoms with van der Waals surface area (Å²) in [4.78, 5) is 4.79. The van der Waals surface area contributed by atoms with Gasteiger partial charge in [-0.25, -0.2) is 0 Å². The summed E-state index contributed by atoms with van der Waals surface area (Å²) >= 11 is 3.62. The van der Waals surface area contributed by atoms with Crippen LogP contribution in [0.1, 0.15) is 19.0 Å². The molecule has 2 N–H and O–H groups in total. The molecule has 2 nitrogen and oxygen atoms in total. The first kappa shape index (κ1) is 12.4. The van der Waals surface area contributed by atoms with E-state index in [2.05, 4.69) is 41.1 Å². The average molecular weight is 315 g/mol. The standard InChI is InChI=1S/C16H15BrN2/c1-2-5-10-8-15(18)13-9-14(17)11-6-3-4-7-12(11)16(13)19-10/h3-4,6-9H,2,5H2,1H3,(H2,18,19). The van der Waals surface area contributed by atoms with Gasteiger partial charge in [-0.3, -0.25) is 4.98 Å². The summed E-state index contributed by atoms with van der Waals surface area (Å²) in [7, 11) is 0. The number of rotatable bonds is 2. The van der Waals surface area contributed by atoms with E-state index in [1.165, 1.54) is 5.39 Å². The number of aryl methyl sites for hydroxylation is 1. The fourth-order valence-electron chi connectivity index (χ4n) is 2.47. The summed E-state index contributed by atoms with van der Waals surface area (Å²) in [6.45, 7) is 2.15. The van der Waals surface area contributed by atoms with Crippen molar-refractivity contribution in [1.29, 1.82) is 0 Å². The second-order valence-corrected chi connectivity index (χ2v) is 5.61. The Labute approximate surface area is 120 Å². The zero-order chi connectivity index (χ0) is 13.4. The molecule has 0 fully saturated rings.